The molecule has 0 saturated carbocycles. The Balaban J connectivity index is 0.000000122. The zero-order valence-electron chi connectivity index (χ0n) is 53.6. The van der Waals surface area contributed by atoms with Gasteiger partial charge in [0.1, 0.15) is 5.82 Å². The molecule has 5 aromatic carbocycles. The minimum atomic E-state index is -0.635. The Bertz CT molecular complexity index is 5700. The van der Waals surface area contributed by atoms with Gasteiger partial charge in [-0.15, -0.1) is 25.5 Å². The molecule has 30 nitrogen and oxygen atoms in total. The van der Waals surface area contributed by atoms with Crippen molar-refractivity contribution in [3.63, 3.8) is 0 Å². The van der Waals surface area contributed by atoms with Crippen molar-refractivity contribution in [1.82, 2.24) is 124 Å². The van der Waals surface area contributed by atoms with Crippen LogP contribution in [0.3, 0.4) is 0 Å². The van der Waals surface area contributed by atoms with E-state index in [2.05, 4.69) is 90.6 Å². The fourth-order valence-electron chi connectivity index (χ4n) is 10.8. The van der Waals surface area contributed by atoms with Gasteiger partial charge in [-0.25, -0.2) is 27.8 Å². The summed E-state index contributed by atoms with van der Waals surface area (Å²) in [4.78, 5) is 62.5. The molecule has 0 unspecified atom stereocenters. The van der Waals surface area contributed by atoms with E-state index < -0.39 is 5.82 Å². The number of para-hydroxylation sites is 1. The van der Waals surface area contributed by atoms with Gasteiger partial charge in [0.2, 0.25) is 5.43 Å². The number of tetrazole rings is 5. The smallest absolute Gasteiger partial charge is 0.200 e. The molecular weight excluding hydrogens is 1280 g/mol. The minimum absolute atomic E-state index is 0.0272. The maximum absolute atomic E-state index is 13.6. The molecule has 15 aromatic rings. The molecule has 0 saturated heterocycles. The Morgan fingerprint density at radius 1 is 0.365 bits per heavy atom. The van der Waals surface area contributed by atoms with Crippen molar-refractivity contribution in [1.29, 1.82) is 0 Å². The fraction of sp³-hybridized carbons (Fsp3) is 0.206. The molecule has 0 radical (unpaired) electrons. The zero-order valence-corrected chi connectivity index (χ0v) is 55.1. The highest BCUT2D eigenvalue weighted by atomic mass is 35.5. The van der Waals surface area contributed by atoms with Gasteiger partial charge in [-0.2, -0.15) is 0 Å². The predicted molar refractivity (Wildman–Crippen MR) is 359 cm³/mol. The first kappa shape index (κ1) is 65.5. The highest BCUT2D eigenvalue weighted by Crippen LogP contribution is 2.25. The van der Waals surface area contributed by atoms with Gasteiger partial charge < -0.3 is 22.8 Å². The van der Waals surface area contributed by atoms with Crippen LogP contribution in [0.1, 0.15) is 18.1 Å². The third-order valence-corrected chi connectivity index (χ3v) is 16.3. The molecule has 10 aromatic heterocycles. The first-order valence-corrected chi connectivity index (χ1v) is 29.9. The molecular formula is C63H58Cl2FN25O5. The van der Waals surface area contributed by atoms with Gasteiger partial charge in [0.05, 0.1) is 60.4 Å². The summed E-state index contributed by atoms with van der Waals surface area (Å²) in [5.74, 6) is 1.56. The fourth-order valence-corrected chi connectivity index (χ4v) is 11.1. The topological polar surface area (TPSA) is 328 Å². The average Bonchev–Trinajstić information content (AvgIpc) is 1.30. The maximum atomic E-state index is 13.6. The Morgan fingerprint density at radius 2 is 0.688 bits per heavy atom. The first-order chi connectivity index (χ1) is 45.9. The minimum Gasteiger partial charge on any atom is -0.350 e. The Morgan fingerprint density at radius 3 is 1.07 bits per heavy atom. The second kappa shape index (κ2) is 26.9. The van der Waals surface area contributed by atoms with Crippen LogP contribution in [0.5, 0.6) is 0 Å². The summed E-state index contributed by atoms with van der Waals surface area (Å²) in [5, 5.41) is 59.3. The zero-order chi connectivity index (χ0) is 68.5. The van der Waals surface area contributed by atoms with Crippen LogP contribution in [0.2, 0.25) is 10.0 Å². The van der Waals surface area contributed by atoms with Gasteiger partial charge in [-0.3, -0.25) is 24.0 Å². The van der Waals surface area contributed by atoms with Crippen LogP contribution < -0.4 is 27.1 Å². The molecule has 486 valence electrons. The molecule has 10 heterocycles. The summed E-state index contributed by atoms with van der Waals surface area (Å²) in [6.07, 6.45) is 9.58. The lowest BCUT2D eigenvalue weighted by molar-refractivity contribution is 0.629. The van der Waals surface area contributed by atoms with Gasteiger partial charge in [0.15, 0.2) is 50.8 Å². The number of rotatable bonds is 6. The van der Waals surface area contributed by atoms with Gasteiger partial charge >= 0.3 is 0 Å². The van der Waals surface area contributed by atoms with Crippen molar-refractivity contribution in [2.45, 2.75) is 20.3 Å². The third-order valence-electron chi connectivity index (χ3n) is 15.8. The van der Waals surface area contributed by atoms with E-state index in [-0.39, 0.29) is 37.6 Å². The average molecular weight is 1340 g/mol. The van der Waals surface area contributed by atoms with Gasteiger partial charge in [-0.05, 0) is 143 Å². The van der Waals surface area contributed by atoms with Gasteiger partial charge in [-0.1, -0.05) is 54.4 Å². The molecule has 0 N–H and O–H groups in total. The lowest BCUT2D eigenvalue weighted by Crippen LogP contribution is -2.13. The van der Waals surface area contributed by atoms with Crippen molar-refractivity contribution in [2.24, 2.45) is 70.5 Å². The summed E-state index contributed by atoms with van der Waals surface area (Å²) in [7, 11) is 17.8. The number of fused-ring (bicyclic) bond motifs is 5. The highest BCUT2D eigenvalue weighted by molar-refractivity contribution is 6.31. The van der Waals surface area contributed by atoms with E-state index in [1.807, 2.05) is 108 Å². The van der Waals surface area contributed by atoms with Crippen LogP contribution in [0, 0.1) is 12.7 Å². The van der Waals surface area contributed by atoms with Crippen LogP contribution in [0.15, 0.2) is 146 Å². The number of benzene rings is 5. The van der Waals surface area contributed by atoms with Crippen molar-refractivity contribution < 1.29 is 4.39 Å². The predicted octanol–water partition coefficient (Wildman–Crippen LogP) is 5.96. The largest absolute Gasteiger partial charge is 0.350 e. The Hall–Kier alpha value is -12.0. The van der Waals surface area contributed by atoms with Crippen LogP contribution in [0.4, 0.5) is 4.39 Å². The Labute approximate surface area is 551 Å². The molecule has 33 heteroatoms. The molecule has 0 spiro atoms. The molecule has 0 aliphatic carbocycles. The summed E-state index contributed by atoms with van der Waals surface area (Å²) in [5.41, 5.74) is 8.05. The number of nitrogens with zero attached hydrogens (tertiary/aromatic N) is 25. The summed E-state index contributed by atoms with van der Waals surface area (Å²) < 4.78 is 30.2. The lowest BCUT2D eigenvalue weighted by Gasteiger charge is -2.09. The number of aromatic nitrogens is 25. The number of halogens is 3. The monoisotopic (exact) mass is 1330 g/mol. The van der Waals surface area contributed by atoms with Crippen LogP contribution in [-0.2, 0) is 76.9 Å². The number of hydrogen-bond acceptors (Lipinski definition) is 20. The lowest BCUT2D eigenvalue weighted by atomic mass is 10.1. The Kier molecular flexibility index (Phi) is 18.4. The van der Waals surface area contributed by atoms with E-state index >= 15 is 0 Å². The first-order valence-electron chi connectivity index (χ1n) is 29.2. The standard InChI is InChI=1S/C14H15N5O.C13H13N5O.C12H9ClFN5O.C12H10ClN5O.C12H11N5O/c1-4-9-5-6-10-12(7-9)18(2)8-11(13(10)20)14-15-16-17-19(14)3;1-8-4-5-9-11(6-8)17(2)7-10(12(9)19)13-14-15-16-18(13)3;1-18-5-7(12-15-16-17-19(12)2)11(20)6-3-9(14)8(13)4-10(6)18;1-17-6-9(12-14-15-16-18(12)2)11(19)8-4-3-7(13)5-10(8)17;1-16-7-9(12-13-14-15-17(12)2)11(18)8-5-3-4-6-10(8)16/h5-8H,4H2,1-3H3;4-7H,1-3H3;3-5H,1-2H3;3-6H,1-2H3;3-7H,1-2H3. The number of pyridine rings is 5. The number of hydrogen-bond donors (Lipinski definition) is 0. The maximum Gasteiger partial charge on any atom is 0.200 e. The van der Waals surface area contributed by atoms with E-state index in [4.69, 9.17) is 23.2 Å². The summed E-state index contributed by atoms with van der Waals surface area (Å²) in [6, 6.07) is 26.9. The third kappa shape index (κ3) is 12.7. The van der Waals surface area contributed by atoms with Crippen LogP contribution in [0.25, 0.3) is 111 Å². The van der Waals surface area contributed by atoms with E-state index in [9.17, 15) is 28.4 Å². The van der Waals surface area contributed by atoms with E-state index in [1.54, 1.807) is 96.0 Å². The van der Waals surface area contributed by atoms with Gasteiger partial charge in [0, 0.05) is 133 Å². The SMILES string of the molecule is CCc1ccc2c(=O)c(-c3nnnn3C)cn(C)c2c1.Cc1ccc2c(=O)c(-c3nnnn3C)cn(C)c2c1.Cn1nnnc1-c1cn(C)c2cc(Cl)c(F)cc2c1=O.Cn1nnnc1-c1cn(C)c2cc(Cl)ccc2c1=O.Cn1nnnc1-c1cn(C)c2ccccc2c1=O. The summed E-state index contributed by atoms with van der Waals surface area (Å²) in [6.45, 7) is 4.10. The molecule has 0 aliphatic rings. The van der Waals surface area contributed by atoms with Crippen LogP contribution >= 0.6 is 23.2 Å². The van der Waals surface area contributed by atoms with E-state index in [0.717, 1.165) is 40.1 Å². The molecule has 0 bridgehead atoms. The molecule has 15 rings (SSSR count). The molecule has 0 fully saturated rings. The highest BCUT2D eigenvalue weighted by Gasteiger charge is 2.20. The van der Waals surface area contributed by atoms with Crippen molar-refractivity contribution in [3.05, 3.63) is 200 Å². The van der Waals surface area contributed by atoms with Gasteiger partial charge in [0.25, 0.3) is 0 Å². The van der Waals surface area contributed by atoms with Crippen molar-refractivity contribution >= 4 is 77.7 Å². The molecule has 0 amide bonds. The van der Waals surface area contributed by atoms with E-state index in [0.29, 0.717) is 89.0 Å². The molecule has 0 aliphatic heterocycles. The normalized spacial score (nSPS) is 11.1. The number of aryl methyl sites for hydroxylation is 12. The van der Waals surface area contributed by atoms with E-state index in [1.165, 1.54) is 35.0 Å². The summed E-state index contributed by atoms with van der Waals surface area (Å²) >= 11 is 11.7. The molecule has 96 heavy (non-hydrogen) atoms. The van der Waals surface area contributed by atoms with Crippen molar-refractivity contribution in [2.75, 3.05) is 0 Å². The van der Waals surface area contributed by atoms with Crippen molar-refractivity contribution in [3.8, 4) is 56.9 Å². The quantitative estimate of drug-likeness (QED) is 0.185. The molecule has 0 atom stereocenters. The van der Waals surface area contributed by atoms with Crippen LogP contribution in [-0.4, -0.2) is 124 Å². The second-order valence-electron chi connectivity index (χ2n) is 22.2. The second-order valence-corrected chi connectivity index (χ2v) is 23.1.